The fourth-order valence-corrected chi connectivity index (χ4v) is 14.2. The molecule has 2 unspecified atom stereocenters. The number of ether oxygens (including phenoxy) is 4. The van der Waals surface area contributed by atoms with E-state index < -0.39 is 97.5 Å². The Balaban J connectivity index is 5.11. The highest BCUT2D eigenvalue weighted by molar-refractivity contribution is 7.47. The van der Waals surface area contributed by atoms with Gasteiger partial charge in [0.2, 0.25) is 0 Å². The zero-order valence-corrected chi connectivity index (χ0v) is 67.0. The molecule has 19 heteroatoms. The lowest BCUT2D eigenvalue weighted by Crippen LogP contribution is -2.30. The van der Waals surface area contributed by atoms with Crippen LogP contribution < -0.4 is 0 Å². The Morgan fingerprint density at radius 3 is 0.590 bits per heavy atom. The number of unbranched alkanes of at least 4 members (excludes halogenated alkanes) is 56. The maximum absolute atomic E-state index is 13.1. The molecular weight excluding hydrogens is 1310 g/mol. The van der Waals surface area contributed by atoms with Crippen molar-refractivity contribution >= 4 is 39.5 Å². The van der Waals surface area contributed by atoms with Crippen LogP contribution in [0, 0.1) is 0 Å². The van der Waals surface area contributed by atoms with Gasteiger partial charge in [0, 0.05) is 25.7 Å². The minimum absolute atomic E-state index is 0.108. The van der Waals surface area contributed by atoms with Gasteiger partial charge in [-0.1, -0.05) is 387 Å². The van der Waals surface area contributed by atoms with E-state index in [0.29, 0.717) is 25.7 Å². The van der Waals surface area contributed by atoms with Crippen LogP contribution in [0.4, 0.5) is 0 Å². The Kier molecular flexibility index (Phi) is 73.8. The highest BCUT2D eigenvalue weighted by Gasteiger charge is 2.30. The van der Waals surface area contributed by atoms with Gasteiger partial charge in [-0.15, -0.1) is 0 Å². The second-order valence-electron chi connectivity index (χ2n) is 29.2. The van der Waals surface area contributed by atoms with Crippen molar-refractivity contribution in [2.24, 2.45) is 0 Å². The number of carbonyl (C=O) groups excluding carboxylic acids is 4. The van der Waals surface area contributed by atoms with Crippen molar-refractivity contribution in [3.63, 3.8) is 0 Å². The molecule has 0 rings (SSSR count). The minimum atomic E-state index is -4.96. The monoisotopic (exact) mass is 1470 g/mol. The van der Waals surface area contributed by atoms with Gasteiger partial charge in [0.15, 0.2) is 12.2 Å². The van der Waals surface area contributed by atoms with Crippen LogP contribution in [-0.4, -0.2) is 96.7 Å². The zero-order chi connectivity index (χ0) is 73.2. The Labute approximate surface area is 613 Å². The van der Waals surface area contributed by atoms with E-state index in [2.05, 4.69) is 27.7 Å². The number of phosphoric acid groups is 2. The van der Waals surface area contributed by atoms with Crippen LogP contribution in [0.15, 0.2) is 0 Å². The Morgan fingerprint density at radius 1 is 0.240 bits per heavy atom. The van der Waals surface area contributed by atoms with E-state index in [1.807, 2.05) is 0 Å². The molecule has 0 aromatic heterocycles. The SMILES string of the molecule is CCCCCCCCCCCCCCCCCCCCCC(=O)O[C@H](COC(=O)CCCCCCCCCCCCCCCCCCCC)COP(=O)(O)OC[C@@H](O)COP(=O)(O)OC[C@@H](COC(=O)CCCCCCC)OC(=O)CCCCCCCCCCCCCCCCCCCC. The molecule has 0 amide bonds. The molecule has 0 saturated carbocycles. The molecule has 0 spiro atoms. The summed E-state index contributed by atoms with van der Waals surface area (Å²) in [6, 6.07) is 0. The third-order valence-corrected chi connectivity index (χ3v) is 21.0. The molecule has 0 aliphatic rings. The molecule has 100 heavy (non-hydrogen) atoms. The van der Waals surface area contributed by atoms with Gasteiger partial charge in [0.25, 0.3) is 0 Å². The van der Waals surface area contributed by atoms with Crippen LogP contribution in [0.25, 0.3) is 0 Å². The molecule has 0 aromatic carbocycles. The normalized spacial score (nSPS) is 13.8. The zero-order valence-electron chi connectivity index (χ0n) is 65.2. The predicted octanol–water partition coefficient (Wildman–Crippen LogP) is 24.6. The second kappa shape index (κ2) is 75.3. The number of phosphoric ester groups is 2. The van der Waals surface area contributed by atoms with Crippen molar-refractivity contribution in [3.05, 3.63) is 0 Å². The third kappa shape index (κ3) is 74.3. The van der Waals surface area contributed by atoms with Crippen molar-refractivity contribution in [2.75, 3.05) is 39.6 Å². The number of carbonyl (C=O) groups is 4. The molecular formula is C81H158O17P2. The molecule has 0 aliphatic carbocycles. The number of esters is 4. The summed E-state index contributed by atoms with van der Waals surface area (Å²) in [4.78, 5) is 72.7. The summed E-state index contributed by atoms with van der Waals surface area (Å²) in [5.41, 5.74) is 0. The lowest BCUT2D eigenvalue weighted by Gasteiger charge is -2.21. The van der Waals surface area contributed by atoms with Gasteiger partial charge in [-0.2, -0.15) is 0 Å². The first-order chi connectivity index (χ1) is 48.7. The number of aliphatic hydroxyl groups excluding tert-OH is 1. The first-order valence-corrected chi connectivity index (χ1v) is 45.3. The van der Waals surface area contributed by atoms with E-state index in [4.69, 9.17) is 37.0 Å². The highest BCUT2D eigenvalue weighted by Crippen LogP contribution is 2.45. The van der Waals surface area contributed by atoms with Crippen molar-refractivity contribution in [1.29, 1.82) is 0 Å². The first-order valence-electron chi connectivity index (χ1n) is 42.3. The Bertz CT molecular complexity index is 1890. The fraction of sp³-hybridized carbons (Fsp3) is 0.951. The summed E-state index contributed by atoms with van der Waals surface area (Å²) in [5.74, 6) is -2.12. The van der Waals surface area contributed by atoms with Crippen LogP contribution in [-0.2, 0) is 65.4 Å². The summed E-state index contributed by atoms with van der Waals surface area (Å²) in [7, 11) is -9.91. The van der Waals surface area contributed by atoms with Crippen LogP contribution >= 0.6 is 15.6 Å². The second-order valence-corrected chi connectivity index (χ2v) is 32.1. The maximum atomic E-state index is 13.1. The molecule has 3 N–H and O–H groups in total. The molecule has 0 heterocycles. The van der Waals surface area contributed by atoms with Gasteiger partial charge in [-0.3, -0.25) is 37.3 Å². The van der Waals surface area contributed by atoms with Crippen LogP contribution in [0.5, 0.6) is 0 Å². The van der Waals surface area contributed by atoms with Crippen molar-refractivity contribution in [2.45, 2.75) is 457 Å². The van der Waals surface area contributed by atoms with Crippen molar-refractivity contribution in [1.82, 2.24) is 0 Å². The molecule has 5 atom stereocenters. The molecule has 594 valence electrons. The van der Waals surface area contributed by atoms with Crippen LogP contribution in [0.1, 0.15) is 439 Å². The molecule has 0 radical (unpaired) electrons. The van der Waals surface area contributed by atoms with Gasteiger partial charge in [-0.25, -0.2) is 9.13 Å². The lowest BCUT2D eigenvalue weighted by atomic mass is 10.0. The quantitative estimate of drug-likeness (QED) is 0.0222. The van der Waals surface area contributed by atoms with Gasteiger partial charge >= 0.3 is 39.5 Å². The number of rotatable bonds is 82. The van der Waals surface area contributed by atoms with Gasteiger partial charge in [-0.05, 0) is 25.7 Å². The fourth-order valence-electron chi connectivity index (χ4n) is 12.6. The highest BCUT2D eigenvalue weighted by atomic mass is 31.2. The number of hydrogen-bond acceptors (Lipinski definition) is 15. The summed E-state index contributed by atoms with van der Waals surface area (Å²) in [5, 5.41) is 10.6. The molecule has 0 saturated heterocycles. The first kappa shape index (κ1) is 98.1. The minimum Gasteiger partial charge on any atom is -0.462 e. The van der Waals surface area contributed by atoms with Crippen LogP contribution in [0.3, 0.4) is 0 Å². The average Bonchev–Trinajstić information content (AvgIpc) is 0.918. The van der Waals surface area contributed by atoms with Crippen molar-refractivity contribution < 1.29 is 80.2 Å². The molecule has 0 aliphatic heterocycles. The third-order valence-electron chi connectivity index (χ3n) is 19.1. The van der Waals surface area contributed by atoms with Gasteiger partial charge in [0.1, 0.15) is 19.3 Å². The van der Waals surface area contributed by atoms with Gasteiger partial charge < -0.3 is 33.8 Å². The summed E-state index contributed by atoms with van der Waals surface area (Å²) < 4.78 is 68.5. The summed E-state index contributed by atoms with van der Waals surface area (Å²) in [6.45, 7) is 4.94. The molecule has 17 nitrogen and oxygen atoms in total. The van der Waals surface area contributed by atoms with E-state index in [1.165, 1.54) is 263 Å². The van der Waals surface area contributed by atoms with Gasteiger partial charge in [0.05, 0.1) is 26.4 Å². The number of hydrogen-bond donors (Lipinski definition) is 3. The van der Waals surface area contributed by atoms with E-state index in [9.17, 15) is 43.2 Å². The standard InChI is InChI=1S/C81H158O17P2/c1-5-9-13-17-20-23-26-29-32-35-38-41-44-47-50-53-56-60-64-68-81(86)98-77(72-92-79(84)66-62-58-54-51-48-45-42-39-36-33-30-27-24-21-18-14-10-6-2)74-96-100(89,90)94-70-75(82)69-93-99(87,88)95-73-76(71-91-78(83)65-61-57-16-12-8-4)97-80(85)67-63-59-55-52-49-46-43-40-37-34-31-28-25-22-19-15-11-7-3/h75-77,82H,5-74H2,1-4H3,(H,87,88)(H,89,90)/t75-,76+,77+/m0/s1. The maximum Gasteiger partial charge on any atom is 0.472 e. The molecule has 0 aromatic rings. The lowest BCUT2D eigenvalue weighted by molar-refractivity contribution is -0.161. The number of aliphatic hydroxyl groups is 1. The average molecular weight is 1470 g/mol. The largest absolute Gasteiger partial charge is 0.472 e. The summed E-state index contributed by atoms with van der Waals surface area (Å²) in [6.07, 6.45) is 68.5. The van der Waals surface area contributed by atoms with E-state index in [-0.39, 0.29) is 25.7 Å². The predicted molar refractivity (Wildman–Crippen MR) is 409 cm³/mol. The Morgan fingerprint density at radius 2 is 0.400 bits per heavy atom. The van der Waals surface area contributed by atoms with E-state index in [0.717, 1.165) is 96.3 Å². The van der Waals surface area contributed by atoms with E-state index in [1.54, 1.807) is 0 Å². The molecule has 0 bridgehead atoms. The Hall–Kier alpha value is -1.94. The summed E-state index contributed by atoms with van der Waals surface area (Å²) >= 11 is 0. The topological polar surface area (TPSA) is 237 Å². The smallest absolute Gasteiger partial charge is 0.462 e. The molecule has 0 fully saturated rings. The van der Waals surface area contributed by atoms with Crippen molar-refractivity contribution in [3.8, 4) is 0 Å². The van der Waals surface area contributed by atoms with E-state index >= 15 is 0 Å². The van der Waals surface area contributed by atoms with Crippen LogP contribution in [0.2, 0.25) is 0 Å².